The molecular weight excluding hydrogens is 458 g/mol. The molecule has 0 aromatic heterocycles. The first-order valence-electron chi connectivity index (χ1n) is 9.07. The Bertz CT molecular complexity index is 1060. The van der Waals surface area contributed by atoms with Crippen LogP contribution in [0.25, 0.3) is 0 Å². The quantitative estimate of drug-likeness (QED) is 0.527. The number of carboxylic acids is 1. The van der Waals surface area contributed by atoms with Crippen molar-refractivity contribution < 1.29 is 32.7 Å². The van der Waals surface area contributed by atoms with Crippen LogP contribution in [0.4, 0.5) is 13.2 Å². The normalized spacial score (nSPS) is 18.5. The Hall–Kier alpha value is -2.58. The summed E-state index contributed by atoms with van der Waals surface area (Å²) in [6.07, 6.45) is -5.91. The van der Waals surface area contributed by atoms with Crippen molar-refractivity contribution in [3.05, 3.63) is 68.7 Å². The lowest BCUT2D eigenvalue weighted by molar-refractivity contribution is -0.275. The molecule has 0 saturated carbocycles. The van der Waals surface area contributed by atoms with E-state index in [1.165, 1.54) is 24.3 Å². The minimum atomic E-state index is -4.81. The van der Waals surface area contributed by atoms with Crippen LogP contribution in [-0.2, 0) is 15.2 Å². The van der Waals surface area contributed by atoms with Gasteiger partial charge in [-0.15, -0.1) is 0 Å². The van der Waals surface area contributed by atoms with E-state index >= 15 is 0 Å². The fourth-order valence-corrected chi connectivity index (χ4v) is 3.88. The van der Waals surface area contributed by atoms with Gasteiger partial charge in [0.25, 0.3) is 5.60 Å². The molecule has 1 aliphatic rings. The molecule has 0 saturated heterocycles. The van der Waals surface area contributed by atoms with Crippen LogP contribution in [0, 0.1) is 6.92 Å². The van der Waals surface area contributed by atoms with Gasteiger partial charge in [-0.25, -0.2) is 0 Å². The molecule has 164 valence electrons. The van der Waals surface area contributed by atoms with Crippen LogP contribution < -0.4 is 0 Å². The zero-order chi connectivity index (χ0) is 23.0. The van der Waals surface area contributed by atoms with Crippen LogP contribution >= 0.6 is 23.2 Å². The van der Waals surface area contributed by atoms with Crippen LogP contribution in [-0.4, -0.2) is 28.7 Å². The maximum absolute atomic E-state index is 14.1. The number of alkyl halides is 3. The summed E-state index contributed by atoms with van der Waals surface area (Å²) in [5.41, 5.74) is -1.83. The standard InChI is InChI=1S/C21H16Cl2F3NO4/c1-11-6-12(2-3-16(11)18(28)4-5-19(29)30)17-10-20(31-27-17,21(24,25)26)13-7-14(22)9-15(23)8-13/h2-3,6-9H,4-5,10H2,1H3,(H,29,30). The Labute approximate surface area is 185 Å². The summed E-state index contributed by atoms with van der Waals surface area (Å²) in [7, 11) is 0. The number of aliphatic carboxylic acids is 1. The van der Waals surface area contributed by atoms with Crippen molar-refractivity contribution in [2.75, 3.05) is 0 Å². The molecule has 0 radical (unpaired) electrons. The number of Topliss-reactive ketones (excluding diaryl/α,β-unsaturated/α-hetero) is 1. The second kappa shape index (κ2) is 8.51. The van der Waals surface area contributed by atoms with Crippen LogP contribution in [0.15, 0.2) is 41.6 Å². The van der Waals surface area contributed by atoms with E-state index in [4.69, 9.17) is 33.1 Å². The van der Waals surface area contributed by atoms with Gasteiger partial charge >= 0.3 is 12.1 Å². The molecule has 5 nitrogen and oxygen atoms in total. The highest BCUT2D eigenvalue weighted by Crippen LogP contribution is 2.49. The third-order valence-electron chi connectivity index (χ3n) is 4.94. The molecule has 3 rings (SSSR count). The van der Waals surface area contributed by atoms with Crippen LogP contribution in [0.2, 0.25) is 10.0 Å². The van der Waals surface area contributed by atoms with Crippen molar-refractivity contribution in [3.63, 3.8) is 0 Å². The summed E-state index contributed by atoms with van der Waals surface area (Å²) in [4.78, 5) is 27.8. The predicted octanol–water partition coefficient (Wildman–Crippen LogP) is 5.93. The number of nitrogens with zero attached hydrogens (tertiary/aromatic N) is 1. The Morgan fingerprint density at radius 3 is 2.32 bits per heavy atom. The number of benzene rings is 2. The summed E-state index contributed by atoms with van der Waals surface area (Å²) in [5.74, 6) is -1.46. The molecule has 2 aromatic rings. The topological polar surface area (TPSA) is 76.0 Å². The summed E-state index contributed by atoms with van der Waals surface area (Å²) in [6.45, 7) is 1.61. The first-order valence-corrected chi connectivity index (χ1v) is 9.83. The van der Waals surface area contributed by atoms with Gasteiger partial charge < -0.3 is 9.94 Å². The molecule has 10 heteroatoms. The van der Waals surface area contributed by atoms with E-state index in [-0.39, 0.29) is 39.9 Å². The number of carbonyl (C=O) groups excluding carboxylic acids is 1. The lowest BCUT2D eigenvalue weighted by Crippen LogP contribution is -2.42. The van der Waals surface area contributed by atoms with Crippen molar-refractivity contribution in [3.8, 4) is 0 Å². The van der Waals surface area contributed by atoms with E-state index in [0.717, 1.165) is 12.1 Å². The molecule has 1 atom stereocenters. The Balaban J connectivity index is 1.91. The molecule has 1 unspecified atom stereocenters. The van der Waals surface area contributed by atoms with E-state index in [0.29, 0.717) is 16.7 Å². The minimum absolute atomic E-state index is 0.0308. The monoisotopic (exact) mass is 473 g/mol. The molecule has 0 bridgehead atoms. The molecule has 1 aliphatic heterocycles. The van der Waals surface area contributed by atoms with E-state index < -0.39 is 24.2 Å². The van der Waals surface area contributed by atoms with E-state index in [1.807, 2.05) is 0 Å². The fourth-order valence-electron chi connectivity index (χ4n) is 3.36. The van der Waals surface area contributed by atoms with Crippen LogP contribution in [0.5, 0.6) is 0 Å². The number of rotatable bonds is 6. The van der Waals surface area contributed by atoms with E-state index in [9.17, 15) is 22.8 Å². The third-order valence-corrected chi connectivity index (χ3v) is 5.38. The highest BCUT2D eigenvalue weighted by atomic mass is 35.5. The van der Waals surface area contributed by atoms with Gasteiger partial charge in [0.15, 0.2) is 5.78 Å². The largest absolute Gasteiger partial charge is 0.481 e. The maximum Gasteiger partial charge on any atom is 0.435 e. The Kier molecular flexibility index (Phi) is 6.34. The number of carbonyl (C=O) groups is 2. The van der Waals surface area contributed by atoms with E-state index in [1.54, 1.807) is 6.92 Å². The van der Waals surface area contributed by atoms with Gasteiger partial charge in [-0.3, -0.25) is 9.59 Å². The molecular formula is C21H16Cl2F3NO4. The van der Waals surface area contributed by atoms with Crippen LogP contribution in [0.1, 0.15) is 46.3 Å². The SMILES string of the molecule is Cc1cc(C2=NOC(c3cc(Cl)cc(Cl)c3)(C(F)(F)F)C2)ccc1C(=O)CCC(=O)O. The highest BCUT2D eigenvalue weighted by molar-refractivity contribution is 6.34. The van der Waals surface area contributed by atoms with Gasteiger partial charge in [0.05, 0.1) is 12.1 Å². The fraction of sp³-hybridized carbons (Fsp3) is 0.286. The molecule has 1 N–H and O–H groups in total. The van der Waals surface area contributed by atoms with Gasteiger partial charge in [0.2, 0.25) is 0 Å². The lowest BCUT2D eigenvalue weighted by Gasteiger charge is -2.29. The second-order valence-corrected chi connectivity index (χ2v) is 8.01. The molecule has 0 aliphatic carbocycles. The molecule has 0 fully saturated rings. The highest BCUT2D eigenvalue weighted by Gasteiger charge is 2.62. The maximum atomic E-state index is 14.1. The average molecular weight is 474 g/mol. The summed E-state index contributed by atoms with van der Waals surface area (Å²) < 4.78 is 42.2. The second-order valence-electron chi connectivity index (χ2n) is 7.14. The number of ketones is 1. The lowest BCUT2D eigenvalue weighted by atomic mass is 9.86. The first kappa shape index (κ1) is 23.1. The Morgan fingerprint density at radius 2 is 1.77 bits per heavy atom. The van der Waals surface area contributed by atoms with Gasteiger partial charge in [-0.05, 0) is 42.3 Å². The van der Waals surface area contributed by atoms with Gasteiger partial charge in [0.1, 0.15) is 0 Å². The van der Waals surface area contributed by atoms with Crippen molar-refractivity contribution in [1.82, 2.24) is 0 Å². The molecule has 2 aromatic carbocycles. The smallest absolute Gasteiger partial charge is 0.435 e. The number of oxime groups is 1. The minimum Gasteiger partial charge on any atom is -0.481 e. The third kappa shape index (κ3) is 4.70. The zero-order valence-electron chi connectivity index (χ0n) is 16.1. The van der Waals surface area contributed by atoms with Crippen molar-refractivity contribution in [1.29, 1.82) is 0 Å². The number of aryl methyl sites for hydroxylation is 1. The van der Waals surface area contributed by atoms with Gasteiger partial charge in [0, 0.05) is 34.0 Å². The molecule has 1 heterocycles. The molecule has 31 heavy (non-hydrogen) atoms. The van der Waals surface area contributed by atoms with Gasteiger partial charge in [-0.1, -0.05) is 40.5 Å². The van der Waals surface area contributed by atoms with Gasteiger partial charge in [-0.2, -0.15) is 13.2 Å². The predicted molar refractivity (Wildman–Crippen MR) is 109 cm³/mol. The number of hydrogen-bond acceptors (Lipinski definition) is 4. The number of carboxylic acid groups (broad SMARTS) is 1. The van der Waals surface area contributed by atoms with Crippen molar-refractivity contribution >= 4 is 40.7 Å². The zero-order valence-corrected chi connectivity index (χ0v) is 17.6. The molecule has 0 spiro atoms. The molecule has 0 amide bonds. The average Bonchev–Trinajstić information content (AvgIpc) is 3.12. The van der Waals surface area contributed by atoms with Crippen molar-refractivity contribution in [2.24, 2.45) is 5.16 Å². The summed E-state index contributed by atoms with van der Waals surface area (Å²) in [5, 5.41) is 12.5. The summed E-state index contributed by atoms with van der Waals surface area (Å²) in [6, 6.07) is 8.01. The number of halogens is 5. The number of hydrogen-bond donors (Lipinski definition) is 1. The van der Waals surface area contributed by atoms with Crippen LogP contribution in [0.3, 0.4) is 0 Å². The van der Waals surface area contributed by atoms with E-state index in [2.05, 4.69) is 5.16 Å². The first-order chi connectivity index (χ1) is 14.4. The Morgan fingerprint density at radius 1 is 1.13 bits per heavy atom. The summed E-state index contributed by atoms with van der Waals surface area (Å²) >= 11 is 11.8. The van der Waals surface area contributed by atoms with Crippen molar-refractivity contribution in [2.45, 2.75) is 38.0 Å².